The summed E-state index contributed by atoms with van der Waals surface area (Å²) < 4.78 is 12.6. The lowest BCUT2D eigenvalue weighted by atomic mass is 10.1. The van der Waals surface area contributed by atoms with Crippen LogP contribution in [0.3, 0.4) is 0 Å². The van der Waals surface area contributed by atoms with Gasteiger partial charge in [-0.15, -0.1) is 0 Å². The number of carbonyl (C=O) groups is 1. The van der Waals surface area contributed by atoms with Crippen LogP contribution in [0.2, 0.25) is 0 Å². The van der Waals surface area contributed by atoms with Crippen molar-refractivity contribution in [1.82, 2.24) is 0 Å². The molecule has 0 aliphatic rings. The second-order valence-corrected chi connectivity index (χ2v) is 8.11. The van der Waals surface area contributed by atoms with Crippen molar-refractivity contribution in [2.45, 2.75) is 32.8 Å². The van der Waals surface area contributed by atoms with Crippen LogP contribution in [-0.4, -0.2) is 18.6 Å². The minimum Gasteiger partial charge on any atom is -0.491 e. The number of amides is 1. The van der Waals surface area contributed by atoms with Gasteiger partial charge in [-0.2, -0.15) is 0 Å². The van der Waals surface area contributed by atoms with Crippen molar-refractivity contribution >= 4 is 27.5 Å². The summed E-state index contributed by atoms with van der Waals surface area (Å²) in [7, 11) is 0. The van der Waals surface area contributed by atoms with Crippen LogP contribution in [0.4, 0.5) is 5.69 Å². The number of rotatable bonds is 9. The molecule has 0 saturated heterocycles. The molecule has 0 bridgehead atoms. The first-order valence-electron chi connectivity index (χ1n) is 10.1. The Hall–Kier alpha value is -2.79. The zero-order chi connectivity index (χ0) is 21.3. The van der Waals surface area contributed by atoms with Gasteiger partial charge >= 0.3 is 0 Å². The van der Waals surface area contributed by atoms with E-state index in [2.05, 4.69) is 33.4 Å². The highest BCUT2D eigenvalue weighted by atomic mass is 79.9. The zero-order valence-electron chi connectivity index (χ0n) is 17.2. The van der Waals surface area contributed by atoms with Crippen molar-refractivity contribution < 1.29 is 14.3 Å². The molecule has 156 valence electrons. The molecule has 1 N–H and O–H groups in total. The Balaban J connectivity index is 1.66. The number of hydrogen-bond donors (Lipinski definition) is 1. The van der Waals surface area contributed by atoms with Crippen LogP contribution in [-0.2, 0) is 6.42 Å². The Bertz CT molecular complexity index is 973. The maximum Gasteiger partial charge on any atom is 0.259 e. The Morgan fingerprint density at radius 1 is 0.967 bits per heavy atom. The molecule has 0 radical (unpaired) electrons. The van der Waals surface area contributed by atoms with Crippen LogP contribution < -0.4 is 14.8 Å². The van der Waals surface area contributed by atoms with Gasteiger partial charge in [0, 0.05) is 4.47 Å². The van der Waals surface area contributed by atoms with Crippen molar-refractivity contribution in [3.05, 3.63) is 88.4 Å². The Kier molecular flexibility index (Phi) is 7.91. The third kappa shape index (κ3) is 6.36. The molecule has 3 aromatic carbocycles. The van der Waals surface area contributed by atoms with E-state index in [1.807, 2.05) is 62.4 Å². The third-order valence-corrected chi connectivity index (χ3v) is 4.89. The van der Waals surface area contributed by atoms with Gasteiger partial charge in [0.25, 0.3) is 5.91 Å². The molecule has 0 spiro atoms. The Morgan fingerprint density at radius 2 is 1.70 bits per heavy atom. The summed E-state index contributed by atoms with van der Waals surface area (Å²) >= 11 is 3.43. The van der Waals surface area contributed by atoms with E-state index in [9.17, 15) is 4.79 Å². The van der Waals surface area contributed by atoms with E-state index >= 15 is 0 Å². The molecule has 0 saturated carbocycles. The summed E-state index contributed by atoms with van der Waals surface area (Å²) in [6.45, 7) is 4.44. The normalized spacial score (nSPS) is 10.7. The Labute approximate surface area is 186 Å². The first-order valence-corrected chi connectivity index (χ1v) is 10.9. The molecule has 30 heavy (non-hydrogen) atoms. The number of nitrogens with one attached hydrogen (secondary N) is 1. The molecule has 0 heterocycles. The Morgan fingerprint density at radius 3 is 2.47 bits per heavy atom. The highest BCUT2D eigenvalue weighted by molar-refractivity contribution is 9.10. The first kappa shape index (κ1) is 21.9. The number of ether oxygens (including phenoxy) is 2. The van der Waals surface area contributed by atoms with Gasteiger partial charge in [-0.05, 0) is 62.6 Å². The zero-order valence-corrected chi connectivity index (χ0v) is 18.8. The van der Waals surface area contributed by atoms with Crippen molar-refractivity contribution in [3.63, 3.8) is 0 Å². The molecule has 5 heteroatoms. The van der Waals surface area contributed by atoms with E-state index in [1.54, 1.807) is 12.1 Å². The topological polar surface area (TPSA) is 47.6 Å². The summed E-state index contributed by atoms with van der Waals surface area (Å²) in [6.07, 6.45) is 1.81. The van der Waals surface area contributed by atoms with Crippen molar-refractivity contribution in [1.29, 1.82) is 0 Å². The molecule has 0 fully saturated rings. The number of carbonyl (C=O) groups excluding carboxylic acids is 1. The average molecular weight is 468 g/mol. The number of hydrogen-bond acceptors (Lipinski definition) is 3. The van der Waals surface area contributed by atoms with Crippen molar-refractivity contribution in [3.8, 4) is 11.5 Å². The van der Waals surface area contributed by atoms with Gasteiger partial charge in [0.15, 0.2) is 0 Å². The molecule has 3 aromatic rings. The van der Waals surface area contributed by atoms with Crippen LogP contribution in [0.5, 0.6) is 11.5 Å². The fraction of sp³-hybridized carbons (Fsp3) is 0.240. The van der Waals surface area contributed by atoms with E-state index in [0.29, 0.717) is 29.4 Å². The number of para-hydroxylation sites is 2. The highest BCUT2D eigenvalue weighted by Gasteiger charge is 2.16. The second-order valence-electron chi connectivity index (χ2n) is 7.19. The van der Waals surface area contributed by atoms with Crippen LogP contribution in [0, 0.1) is 0 Å². The van der Waals surface area contributed by atoms with E-state index in [1.165, 1.54) is 5.56 Å². The molecule has 3 rings (SSSR count). The minimum atomic E-state index is -0.243. The van der Waals surface area contributed by atoms with E-state index < -0.39 is 0 Å². The van der Waals surface area contributed by atoms with Gasteiger partial charge in [-0.1, -0.05) is 58.4 Å². The maximum absolute atomic E-state index is 13.0. The summed E-state index contributed by atoms with van der Waals surface area (Å²) in [4.78, 5) is 13.0. The third-order valence-electron chi connectivity index (χ3n) is 4.39. The molecule has 0 aliphatic heterocycles. The van der Waals surface area contributed by atoms with Crippen molar-refractivity contribution in [2.24, 2.45) is 0 Å². The fourth-order valence-electron chi connectivity index (χ4n) is 3.02. The SMILES string of the molecule is CC(C)Oc1ccc(Br)cc1C(=O)Nc1ccccc1OCCCc1ccccc1. The van der Waals surface area contributed by atoms with Gasteiger partial charge in [-0.3, -0.25) is 4.79 Å². The predicted octanol–water partition coefficient (Wildman–Crippen LogP) is 6.50. The summed E-state index contributed by atoms with van der Waals surface area (Å²) in [5, 5.41) is 2.96. The van der Waals surface area contributed by atoms with Gasteiger partial charge < -0.3 is 14.8 Å². The summed E-state index contributed by atoms with van der Waals surface area (Å²) in [6, 6.07) is 23.2. The van der Waals surface area contributed by atoms with Crippen LogP contribution in [0.25, 0.3) is 0 Å². The first-order chi connectivity index (χ1) is 14.5. The van der Waals surface area contributed by atoms with Gasteiger partial charge in [0.2, 0.25) is 0 Å². The number of anilines is 1. The lowest BCUT2D eigenvalue weighted by Gasteiger charge is -2.16. The number of benzene rings is 3. The minimum absolute atomic E-state index is 0.0297. The van der Waals surface area contributed by atoms with E-state index in [0.717, 1.165) is 17.3 Å². The van der Waals surface area contributed by atoms with E-state index in [-0.39, 0.29) is 12.0 Å². The van der Waals surface area contributed by atoms with Gasteiger partial charge in [0.05, 0.1) is 24.0 Å². The summed E-state index contributed by atoms with van der Waals surface area (Å²) in [5.41, 5.74) is 2.39. The molecule has 4 nitrogen and oxygen atoms in total. The number of aryl methyl sites for hydroxylation is 1. The molecule has 1 amide bonds. The molecule has 0 aliphatic carbocycles. The number of halogens is 1. The molecular formula is C25H26BrNO3. The largest absolute Gasteiger partial charge is 0.491 e. The maximum atomic E-state index is 13.0. The molecule has 0 atom stereocenters. The van der Waals surface area contributed by atoms with Crippen molar-refractivity contribution in [2.75, 3.05) is 11.9 Å². The van der Waals surface area contributed by atoms with Gasteiger partial charge in [0.1, 0.15) is 11.5 Å². The molecule has 0 unspecified atom stereocenters. The lowest BCUT2D eigenvalue weighted by Crippen LogP contribution is -2.16. The molecular weight excluding hydrogens is 442 g/mol. The van der Waals surface area contributed by atoms with E-state index in [4.69, 9.17) is 9.47 Å². The second kappa shape index (κ2) is 10.8. The smallest absolute Gasteiger partial charge is 0.259 e. The predicted molar refractivity (Wildman–Crippen MR) is 125 cm³/mol. The fourth-order valence-corrected chi connectivity index (χ4v) is 3.39. The van der Waals surface area contributed by atoms with Crippen LogP contribution >= 0.6 is 15.9 Å². The average Bonchev–Trinajstić information content (AvgIpc) is 2.74. The highest BCUT2D eigenvalue weighted by Crippen LogP contribution is 2.28. The molecule has 0 aromatic heterocycles. The standard InChI is InChI=1S/C25H26BrNO3/c1-18(2)30-23-15-14-20(26)17-21(23)25(28)27-22-12-6-7-13-24(22)29-16-8-11-19-9-4-3-5-10-19/h3-7,9-10,12-15,17-18H,8,11,16H2,1-2H3,(H,27,28). The monoisotopic (exact) mass is 467 g/mol. The quantitative estimate of drug-likeness (QED) is 0.365. The summed E-state index contributed by atoms with van der Waals surface area (Å²) in [5.74, 6) is 0.958. The lowest BCUT2D eigenvalue weighted by molar-refractivity contribution is 0.102. The van der Waals surface area contributed by atoms with Crippen LogP contribution in [0.15, 0.2) is 77.3 Å². The van der Waals surface area contributed by atoms with Gasteiger partial charge in [-0.25, -0.2) is 0 Å². The van der Waals surface area contributed by atoms with Crippen LogP contribution in [0.1, 0.15) is 36.2 Å².